The molecule has 10 nitrogen and oxygen atoms in total. The predicted molar refractivity (Wildman–Crippen MR) is 188 cm³/mol. The fraction of sp³-hybridized carbons (Fsp3) is 0.270. The van der Waals surface area contributed by atoms with Gasteiger partial charge in [0, 0.05) is 47.8 Å². The van der Waals surface area contributed by atoms with Crippen molar-refractivity contribution in [2.75, 3.05) is 11.4 Å². The van der Waals surface area contributed by atoms with Crippen LogP contribution in [0.15, 0.2) is 73.1 Å². The zero-order valence-corrected chi connectivity index (χ0v) is 28.8. The molecule has 1 N–H and O–H groups in total. The third-order valence-corrected chi connectivity index (χ3v) is 10.6. The van der Waals surface area contributed by atoms with Crippen molar-refractivity contribution in [3.8, 4) is 33.6 Å². The standard InChI is InChI=1S/C37H37N5O5S/c1-21-8-10-23(11-9-21)32-27-18-30(25-14-15-38-28(17-25)24-12-13-29-26(16-24)19-39-40(29)6)42-20-48(45,46)41(7)33(34(27)42)22(2)31(32)35(36(43)44)47-37(3,4)5/h8-19,35H,20H2,1-7H3,(H,43,44). The summed E-state index contributed by atoms with van der Waals surface area (Å²) in [5.74, 6) is -1.43. The third-order valence-electron chi connectivity index (χ3n) is 9.04. The Labute approximate surface area is 279 Å². The highest BCUT2D eigenvalue weighted by atomic mass is 32.2. The van der Waals surface area contributed by atoms with Crippen molar-refractivity contribution in [3.05, 3.63) is 89.7 Å². The van der Waals surface area contributed by atoms with Crippen molar-refractivity contribution < 1.29 is 23.1 Å². The van der Waals surface area contributed by atoms with Gasteiger partial charge >= 0.3 is 5.97 Å². The molecule has 0 saturated heterocycles. The first kappa shape index (κ1) is 31.6. The van der Waals surface area contributed by atoms with E-state index in [2.05, 4.69) is 10.1 Å². The number of anilines is 1. The number of pyridine rings is 1. The molecule has 1 aliphatic rings. The summed E-state index contributed by atoms with van der Waals surface area (Å²) < 4.78 is 38.8. The number of rotatable bonds is 6. The number of aryl methyl sites for hydroxylation is 2. The van der Waals surface area contributed by atoms with E-state index in [0.717, 1.165) is 44.2 Å². The van der Waals surface area contributed by atoms with Gasteiger partial charge in [-0.05, 0) is 81.6 Å². The van der Waals surface area contributed by atoms with E-state index in [-0.39, 0.29) is 5.88 Å². The lowest BCUT2D eigenvalue weighted by Gasteiger charge is -2.33. The molecule has 1 aliphatic heterocycles. The molecule has 4 heterocycles. The molecule has 48 heavy (non-hydrogen) atoms. The number of carboxylic acid groups (broad SMARTS) is 1. The average molecular weight is 664 g/mol. The number of hydrogen-bond acceptors (Lipinski definition) is 6. The summed E-state index contributed by atoms with van der Waals surface area (Å²) in [5, 5.41) is 16.7. The van der Waals surface area contributed by atoms with Gasteiger partial charge in [0.1, 0.15) is 5.88 Å². The number of aromatic nitrogens is 4. The van der Waals surface area contributed by atoms with Crippen LogP contribution in [0, 0.1) is 13.8 Å². The maximum Gasteiger partial charge on any atom is 0.337 e. The van der Waals surface area contributed by atoms with Gasteiger partial charge < -0.3 is 14.4 Å². The smallest absolute Gasteiger partial charge is 0.337 e. The molecule has 0 saturated carbocycles. The first-order chi connectivity index (χ1) is 22.6. The average Bonchev–Trinajstić information content (AvgIpc) is 3.58. The Bertz CT molecular complexity index is 2380. The number of ether oxygens (including phenoxy) is 1. The van der Waals surface area contributed by atoms with E-state index < -0.39 is 27.7 Å². The van der Waals surface area contributed by atoms with Crippen LogP contribution in [0.4, 0.5) is 5.69 Å². The van der Waals surface area contributed by atoms with E-state index in [1.54, 1.807) is 13.1 Å². The van der Waals surface area contributed by atoms with Gasteiger partial charge in [0.05, 0.1) is 39.9 Å². The monoisotopic (exact) mass is 663 g/mol. The van der Waals surface area contributed by atoms with Crippen LogP contribution in [0.25, 0.3) is 55.4 Å². The molecular formula is C37H37N5O5S. The van der Waals surface area contributed by atoms with E-state index in [1.165, 1.54) is 11.4 Å². The van der Waals surface area contributed by atoms with Gasteiger partial charge in [0.2, 0.25) is 0 Å². The molecule has 3 aromatic heterocycles. The molecule has 1 unspecified atom stereocenters. The van der Waals surface area contributed by atoms with E-state index in [9.17, 15) is 18.3 Å². The van der Waals surface area contributed by atoms with Crippen molar-refractivity contribution in [1.82, 2.24) is 19.3 Å². The summed E-state index contributed by atoms with van der Waals surface area (Å²) in [4.78, 5) is 17.7. The van der Waals surface area contributed by atoms with Crippen LogP contribution in [0.5, 0.6) is 0 Å². The Morgan fingerprint density at radius 3 is 2.35 bits per heavy atom. The summed E-state index contributed by atoms with van der Waals surface area (Å²) in [5.41, 5.74) is 7.99. The maximum absolute atomic E-state index is 13.8. The normalized spacial score (nSPS) is 14.9. The quantitative estimate of drug-likeness (QED) is 0.200. The second-order valence-corrected chi connectivity index (χ2v) is 15.4. The summed E-state index contributed by atoms with van der Waals surface area (Å²) in [6.07, 6.45) is 2.18. The molecule has 7 rings (SSSR count). The molecule has 0 aliphatic carbocycles. The minimum Gasteiger partial charge on any atom is -0.479 e. The predicted octanol–water partition coefficient (Wildman–Crippen LogP) is 7.22. The Morgan fingerprint density at radius 1 is 0.958 bits per heavy atom. The van der Waals surface area contributed by atoms with Crippen molar-refractivity contribution in [3.63, 3.8) is 0 Å². The van der Waals surface area contributed by atoms with Crippen molar-refractivity contribution >= 4 is 43.5 Å². The lowest BCUT2D eigenvalue weighted by Crippen LogP contribution is -2.35. The van der Waals surface area contributed by atoms with Gasteiger partial charge in [-0.15, -0.1) is 0 Å². The number of benzene rings is 3. The van der Waals surface area contributed by atoms with Crippen molar-refractivity contribution in [2.24, 2.45) is 7.05 Å². The highest BCUT2D eigenvalue weighted by Crippen LogP contribution is 2.50. The van der Waals surface area contributed by atoms with E-state index in [4.69, 9.17) is 4.74 Å². The highest BCUT2D eigenvalue weighted by Gasteiger charge is 2.39. The number of carboxylic acids is 1. The second-order valence-electron chi connectivity index (χ2n) is 13.5. The minimum absolute atomic E-state index is 0.276. The molecule has 6 aromatic rings. The number of sulfonamides is 1. The molecule has 3 aromatic carbocycles. The van der Waals surface area contributed by atoms with E-state index in [1.807, 2.05) is 111 Å². The van der Waals surface area contributed by atoms with Gasteiger partial charge in [-0.3, -0.25) is 14.0 Å². The molecule has 0 amide bonds. The topological polar surface area (TPSA) is 120 Å². The molecule has 0 bridgehead atoms. The zero-order chi connectivity index (χ0) is 34.3. The van der Waals surface area contributed by atoms with E-state index in [0.29, 0.717) is 33.6 Å². The van der Waals surface area contributed by atoms with Crippen molar-refractivity contribution in [1.29, 1.82) is 0 Å². The van der Waals surface area contributed by atoms with Gasteiger partial charge in [-0.1, -0.05) is 35.9 Å². The van der Waals surface area contributed by atoms with Crippen LogP contribution in [0.1, 0.15) is 43.6 Å². The van der Waals surface area contributed by atoms with Gasteiger partial charge in [0.25, 0.3) is 10.0 Å². The van der Waals surface area contributed by atoms with Gasteiger partial charge in [0.15, 0.2) is 6.10 Å². The number of aliphatic carboxylic acids is 1. The highest BCUT2D eigenvalue weighted by molar-refractivity contribution is 7.91. The Kier molecular flexibility index (Phi) is 7.26. The molecule has 11 heteroatoms. The molecule has 1 atom stereocenters. The number of carbonyl (C=O) groups is 1. The third kappa shape index (κ3) is 5.14. The zero-order valence-electron chi connectivity index (χ0n) is 27.9. The fourth-order valence-electron chi connectivity index (χ4n) is 6.80. The van der Waals surface area contributed by atoms with E-state index >= 15 is 0 Å². The summed E-state index contributed by atoms with van der Waals surface area (Å²) in [6, 6.07) is 19.8. The lowest BCUT2D eigenvalue weighted by molar-refractivity contribution is -0.160. The molecule has 0 radical (unpaired) electrons. The van der Waals surface area contributed by atoms with Crippen LogP contribution >= 0.6 is 0 Å². The summed E-state index contributed by atoms with van der Waals surface area (Å²) in [6.45, 7) is 9.22. The van der Waals surface area contributed by atoms with Crippen LogP contribution in [-0.2, 0) is 32.5 Å². The number of fused-ring (bicyclic) bond motifs is 1. The minimum atomic E-state index is -3.83. The maximum atomic E-state index is 13.8. The van der Waals surface area contributed by atoms with Crippen molar-refractivity contribution in [2.45, 2.75) is 52.2 Å². The Morgan fingerprint density at radius 2 is 1.67 bits per heavy atom. The summed E-state index contributed by atoms with van der Waals surface area (Å²) in [7, 11) is -0.398. The number of nitrogens with zero attached hydrogens (tertiary/aromatic N) is 5. The fourth-order valence-corrected chi connectivity index (χ4v) is 8.07. The Balaban J connectivity index is 1.55. The molecule has 0 spiro atoms. The first-order valence-corrected chi connectivity index (χ1v) is 17.3. The number of hydrogen-bond donors (Lipinski definition) is 1. The molecule has 0 fully saturated rings. The lowest BCUT2D eigenvalue weighted by atomic mass is 9.87. The first-order valence-electron chi connectivity index (χ1n) is 15.7. The van der Waals surface area contributed by atoms with Crippen LogP contribution in [0.2, 0.25) is 0 Å². The van der Waals surface area contributed by atoms with Gasteiger partial charge in [-0.25, -0.2) is 13.2 Å². The molecule has 246 valence electrons. The molecular weight excluding hydrogens is 627 g/mol. The second kappa shape index (κ2) is 11.0. The SMILES string of the molecule is Cc1ccc(-c2c(C(OC(C)(C)C)C(=O)O)c(C)c3c4c2cc(-c2ccnc(-c5ccc6c(cnn6C)c5)c2)n4CS(=O)(=O)N3C)cc1. The summed E-state index contributed by atoms with van der Waals surface area (Å²) >= 11 is 0. The Hall–Kier alpha value is -5.00. The van der Waals surface area contributed by atoms with Gasteiger partial charge in [-0.2, -0.15) is 5.10 Å². The van der Waals surface area contributed by atoms with Crippen LogP contribution in [0.3, 0.4) is 0 Å². The van der Waals surface area contributed by atoms with Crippen LogP contribution in [-0.4, -0.2) is 51.5 Å². The van der Waals surface area contributed by atoms with Crippen LogP contribution < -0.4 is 4.31 Å². The largest absolute Gasteiger partial charge is 0.479 e.